The zero-order valence-electron chi connectivity index (χ0n) is 18.5. The minimum absolute atomic E-state index is 0.0937. The molecule has 170 valence electrons. The van der Waals surface area contributed by atoms with Gasteiger partial charge in [-0.1, -0.05) is 6.07 Å². The fourth-order valence-corrected chi connectivity index (χ4v) is 3.46. The second kappa shape index (κ2) is 10.2. The molecule has 33 heavy (non-hydrogen) atoms. The molecule has 1 amide bonds. The summed E-state index contributed by atoms with van der Waals surface area (Å²) in [5.41, 5.74) is 1.43. The topological polar surface area (TPSA) is 60.9 Å². The number of aromatic nitrogens is 1. The van der Waals surface area contributed by atoms with Gasteiger partial charge in [0.1, 0.15) is 17.2 Å². The molecule has 3 aromatic rings. The first-order valence-corrected chi connectivity index (χ1v) is 10.6. The molecule has 7 heteroatoms. The molecule has 1 fully saturated rings. The Labute approximate surface area is 192 Å². The number of hydrogen-bond acceptors (Lipinski definition) is 5. The highest BCUT2D eigenvalue weighted by Gasteiger charge is 2.32. The average molecular weight is 448 g/mol. The van der Waals surface area contributed by atoms with E-state index >= 15 is 0 Å². The lowest BCUT2D eigenvalue weighted by atomic mass is 10.1. The predicted molar refractivity (Wildman–Crippen MR) is 123 cm³/mol. The molecule has 2 aromatic carbocycles. The van der Waals surface area contributed by atoms with Crippen molar-refractivity contribution in [1.29, 1.82) is 0 Å². The first kappa shape index (κ1) is 22.3. The number of amides is 1. The molecule has 0 unspecified atom stereocenters. The van der Waals surface area contributed by atoms with Crippen molar-refractivity contribution < 1.29 is 23.4 Å². The predicted octanol–water partition coefficient (Wildman–Crippen LogP) is 5.23. The molecule has 0 spiro atoms. The molecule has 1 aliphatic carbocycles. The third kappa shape index (κ3) is 5.68. The van der Waals surface area contributed by atoms with Crippen molar-refractivity contribution in [3.8, 4) is 23.0 Å². The van der Waals surface area contributed by atoms with Gasteiger partial charge in [0.05, 0.1) is 27.0 Å². The van der Waals surface area contributed by atoms with E-state index in [9.17, 15) is 9.18 Å². The van der Waals surface area contributed by atoms with Gasteiger partial charge in [0.2, 0.25) is 5.91 Å². The van der Waals surface area contributed by atoms with Crippen molar-refractivity contribution in [2.75, 3.05) is 14.2 Å². The summed E-state index contributed by atoms with van der Waals surface area (Å²) in [6, 6.07) is 13.7. The maximum atomic E-state index is 14.5. The number of carbonyl (C=O) groups excluding carboxylic acids is 1. The Bertz CT molecular complexity index is 1150. The zero-order valence-corrected chi connectivity index (χ0v) is 18.5. The monoisotopic (exact) mass is 448 g/mol. The average Bonchev–Trinajstić information content (AvgIpc) is 3.68. The van der Waals surface area contributed by atoms with E-state index in [1.165, 1.54) is 24.4 Å². The maximum Gasteiger partial charge on any atom is 0.247 e. The van der Waals surface area contributed by atoms with Crippen LogP contribution in [-0.2, 0) is 11.3 Å². The molecule has 0 bridgehead atoms. The van der Waals surface area contributed by atoms with Crippen molar-refractivity contribution in [3.63, 3.8) is 0 Å². The van der Waals surface area contributed by atoms with Gasteiger partial charge in [-0.3, -0.25) is 9.78 Å². The molecule has 1 saturated carbocycles. The summed E-state index contributed by atoms with van der Waals surface area (Å²) >= 11 is 0. The lowest BCUT2D eigenvalue weighted by Gasteiger charge is -2.22. The van der Waals surface area contributed by atoms with Crippen LogP contribution in [0.2, 0.25) is 0 Å². The lowest BCUT2D eigenvalue weighted by molar-refractivity contribution is -0.127. The first-order chi connectivity index (χ1) is 16.1. The van der Waals surface area contributed by atoms with E-state index in [1.54, 1.807) is 44.7 Å². The van der Waals surface area contributed by atoms with Gasteiger partial charge < -0.3 is 19.1 Å². The molecule has 4 rings (SSSR count). The second-order valence-electron chi connectivity index (χ2n) is 7.69. The second-order valence-corrected chi connectivity index (χ2v) is 7.69. The highest BCUT2D eigenvalue weighted by Crippen LogP contribution is 2.32. The molecule has 1 aromatic heterocycles. The van der Waals surface area contributed by atoms with Crippen molar-refractivity contribution in [3.05, 3.63) is 83.9 Å². The summed E-state index contributed by atoms with van der Waals surface area (Å²) in [5.74, 6) is 1.28. The summed E-state index contributed by atoms with van der Waals surface area (Å²) in [7, 11) is 3.20. The van der Waals surface area contributed by atoms with Gasteiger partial charge in [-0.25, -0.2) is 4.39 Å². The molecule has 1 heterocycles. The lowest BCUT2D eigenvalue weighted by Crippen LogP contribution is -2.31. The van der Waals surface area contributed by atoms with Crippen LogP contribution in [0.1, 0.15) is 24.0 Å². The number of methoxy groups -OCH3 is 2. The van der Waals surface area contributed by atoms with Crippen molar-refractivity contribution >= 4 is 12.0 Å². The van der Waals surface area contributed by atoms with E-state index < -0.39 is 5.82 Å². The maximum absolute atomic E-state index is 14.5. The number of ether oxygens (including phenoxy) is 3. The number of carbonyl (C=O) groups is 1. The molecule has 0 N–H and O–H groups in total. The summed E-state index contributed by atoms with van der Waals surface area (Å²) in [4.78, 5) is 18.7. The van der Waals surface area contributed by atoms with Crippen LogP contribution in [0.25, 0.3) is 6.08 Å². The van der Waals surface area contributed by atoms with Gasteiger partial charge >= 0.3 is 0 Å². The summed E-state index contributed by atoms with van der Waals surface area (Å²) < 4.78 is 30.8. The van der Waals surface area contributed by atoms with Gasteiger partial charge in [-0.05, 0) is 66.9 Å². The highest BCUT2D eigenvalue weighted by molar-refractivity contribution is 5.92. The van der Waals surface area contributed by atoms with Gasteiger partial charge in [0.25, 0.3) is 0 Å². The zero-order chi connectivity index (χ0) is 23.2. The minimum Gasteiger partial charge on any atom is -0.497 e. The summed E-state index contributed by atoms with van der Waals surface area (Å²) in [5, 5.41) is 0. The molecule has 0 aliphatic heterocycles. The molecule has 6 nitrogen and oxygen atoms in total. The van der Waals surface area contributed by atoms with E-state index in [0.717, 1.165) is 18.4 Å². The molecule has 0 saturated heterocycles. The quantitative estimate of drug-likeness (QED) is 0.419. The Morgan fingerprint density at radius 3 is 2.58 bits per heavy atom. The van der Waals surface area contributed by atoms with Crippen molar-refractivity contribution in [2.24, 2.45) is 0 Å². The Morgan fingerprint density at radius 2 is 1.91 bits per heavy atom. The number of hydrogen-bond donors (Lipinski definition) is 0. The van der Waals surface area contributed by atoms with Crippen LogP contribution in [0.15, 0.2) is 67.0 Å². The Balaban J connectivity index is 1.47. The molecule has 1 aliphatic rings. The van der Waals surface area contributed by atoms with Crippen LogP contribution >= 0.6 is 0 Å². The minimum atomic E-state index is -0.520. The van der Waals surface area contributed by atoms with Gasteiger partial charge in [-0.15, -0.1) is 0 Å². The van der Waals surface area contributed by atoms with Crippen LogP contribution in [0.5, 0.6) is 23.0 Å². The molecule has 0 atom stereocenters. The largest absolute Gasteiger partial charge is 0.497 e. The smallest absolute Gasteiger partial charge is 0.247 e. The van der Waals surface area contributed by atoms with E-state index in [4.69, 9.17) is 14.2 Å². The van der Waals surface area contributed by atoms with Crippen molar-refractivity contribution in [1.82, 2.24) is 9.88 Å². The van der Waals surface area contributed by atoms with Crippen molar-refractivity contribution in [2.45, 2.75) is 25.4 Å². The van der Waals surface area contributed by atoms with Crippen LogP contribution in [-0.4, -0.2) is 36.1 Å². The van der Waals surface area contributed by atoms with Crippen LogP contribution < -0.4 is 14.2 Å². The van der Waals surface area contributed by atoms with Crippen LogP contribution in [0.3, 0.4) is 0 Å². The Hall–Kier alpha value is -3.87. The summed E-state index contributed by atoms with van der Waals surface area (Å²) in [6.07, 6.45) is 8.12. The standard InChI is InChI=1S/C26H25FN2O4/c1-31-21-9-11-24(32-2)19(15-21)17-29(20-7-8-20)26(30)12-6-18-5-10-25(23(27)14-18)33-22-4-3-13-28-16-22/h3-6,9-16,20H,7-8,17H2,1-2H3/b12-6+. The first-order valence-electron chi connectivity index (χ1n) is 10.6. The Kier molecular flexibility index (Phi) is 6.88. The number of benzene rings is 2. The van der Waals surface area contributed by atoms with Gasteiger partial charge in [0, 0.05) is 23.9 Å². The number of nitrogens with zero attached hydrogens (tertiary/aromatic N) is 2. The summed E-state index contributed by atoms with van der Waals surface area (Å²) in [6.45, 7) is 0.403. The van der Waals surface area contributed by atoms with Crippen LogP contribution in [0, 0.1) is 5.82 Å². The molecule has 0 radical (unpaired) electrons. The van der Waals surface area contributed by atoms with Gasteiger partial charge in [0.15, 0.2) is 11.6 Å². The number of rotatable bonds is 9. The molecular formula is C26H25FN2O4. The van der Waals surface area contributed by atoms with Gasteiger partial charge in [-0.2, -0.15) is 0 Å². The third-order valence-electron chi connectivity index (χ3n) is 5.34. The fourth-order valence-electron chi connectivity index (χ4n) is 3.46. The van der Waals surface area contributed by atoms with E-state index in [0.29, 0.717) is 29.4 Å². The number of halogens is 1. The van der Waals surface area contributed by atoms with Crippen LogP contribution in [0.4, 0.5) is 4.39 Å². The van der Waals surface area contributed by atoms with E-state index in [2.05, 4.69) is 4.98 Å². The molecular weight excluding hydrogens is 423 g/mol. The fraction of sp³-hybridized carbons (Fsp3) is 0.231. The van der Waals surface area contributed by atoms with E-state index in [-0.39, 0.29) is 17.7 Å². The normalized spacial score (nSPS) is 13.1. The number of pyridine rings is 1. The SMILES string of the molecule is COc1ccc(OC)c(CN(C(=O)/C=C/c2ccc(Oc3cccnc3)c(F)c2)C2CC2)c1. The Morgan fingerprint density at radius 1 is 1.09 bits per heavy atom. The van der Waals surface area contributed by atoms with E-state index in [1.807, 2.05) is 23.1 Å². The highest BCUT2D eigenvalue weighted by atomic mass is 19.1. The third-order valence-corrected chi connectivity index (χ3v) is 5.34.